The maximum Gasteiger partial charge on any atom is 0.410 e. The molecule has 1 aliphatic heterocycles. The van der Waals surface area contributed by atoms with Crippen LogP contribution in [0.4, 0.5) is 13.6 Å². The molecule has 0 unspecified atom stereocenters. The molecule has 2 aromatic rings. The Kier molecular flexibility index (Phi) is 4.07. The SMILES string of the molecule is CC(C)(C)OC(=O)N1CCC=C(c2c[nH]c3c(F)cc(F)cc23)C1. The van der Waals surface area contributed by atoms with Crippen LogP contribution in [0.2, 0.25) is 0 Å². The van der Waals surface area contributed by atoms with Crippen molar-refractivity contribution in [3.05, 3.63) is 41.6 Å². The molecule has 0 bridgehead atoms. The third-order valence-electron chi connectivity index (χ3n) is 3.85. The number of fused-ring (bicyclic) bond motifs is 1. The van der Waals surface area contributed by atoms with Gasteiger partial charge in [-0.25, -0.2) is 13.6 Å². The van der Waals surface area contributed by atoms with Crippen molar-refractivity contribution in [2.45, 2.75) is 32.8 Å². The van der Waals surface area contributed by atoms with Crippen LogP contribution in [0.15, 0.2) is 24.4 Å². The molecular weight excluding hydrogens is 314 g/mol. The summed E-state index contributed by atoms with van der Waals surface area (Å²) >= 11 is 0. The van der Waals surface area contributed by atoms with Gasteiger partial charge in [0, 0.05) is 36.3 Å². The van der Waals surface area contributed by atoms with Crippen LogP contribution in [0, 0.1) is 11.6 Å². The quantitative estimate of drug-likeness (QED) is 0.836. The Labute approximate surface area is 139 Å². The van der Waals surface area contributed by atoms with Crippen LogP contribution in [-0.2, 0) is 4.74 Å². The number of aromatic nitrogens is 1. The number of hydrogen-bond acceptors (Lipinski definition) is 2. The largest absolute Gasteiger partial charge is 0.444 e. The fourth-order valence-electron chi connectivity index (χ4n) is 2.84. The van der Waals surface area contributed by atoms with Crippen molar-refractivity contribution < 1.29 is 18.3 Å². The van der Waals surface area contributed by atoms with Gasteiger partial charge in [0.15, 0.2) is 0 Å². The Bertz CT molecular complexity index is 818. The number of H-pyrrole nitrogens is 1. The van der Waals surface area contributed by atoms with Gasteiger partial charge in [0.1, 0.15) is 17.2 Å². The summed E-state index contributed by atoms with van der Waals surface area (Å²) in [5.41, 5.74) is 1.26. The lowest BCUT2D eigenvalue weighted by Gasteiger charge is -2.30. The average Bonchev–Trinajstić information content (AvgIpc) is 2.89. The highest BCUT2D eigenvalue weighted by molar-refractivity contribution is 5.94. The van der Waals surface area contributed by atoms with Crippen molar-refractivity contribution in [1.82, 2.24) is 9.88 Å². The molecule has 2 heterocycles. The molecule has 1 N–H and O–H groups in total. The number of halogens is 2. The third kappa shape index (κ3) is 3.27. The van der Waals surface area contributed by atoms with Crippen molar-refractivity contribution in [1.29, 1.82) is 0 Å². The molecule has 128 valence electrons. The summed E-state index contributed by atoms with van der Waals surface area (Å²) in [4.78, 5) is 16.7. The fraction of sp³-hybridized carbons (Fsp3) is 0.389. The topological polar surface area (TPSA) is 45.3 Å². The molecule has 0 spiro atoms. The van der Waals surface area contributed by atoms with Gasteiger partial charge in [0.25, 0.3) is 0 Å². The number of benzene rings is 1. The number of nitrogens with one attached hydrogen (secondary N) is 1. The summed E-state index contributed by atoms with van der Waals surface area (Å²) in [5, 5.41) is 0.477. The Balaban J connectivity index is 1.88. The third-order valence-corrected chi connectivity index (χ3v) is 3.85. The molecule has 24 heavy (non-hydrogen) atoms. The van der Waals surface area contributed by atoms with Gasteiger partial charge in [-0.2, -0.15) is 0 Å². The maximum atomic E-state index is 13.8. The minimum atomic E-state index is -0.628. The second-order valence-electron chi connectivity index (χ2n) is 6.93. The predicted molar refractivity (Wildman–Crippen MR) is 88.6 cm³/mol. The van der Waals surface area contributed by atoms with E-state index in [-0.39, 0.29) is 11.6 Å². The number of ether oxygens (including phenoxy) is 1. The summed E-state index contributed by atoms with van der Waals surface area (Å²) in [5.74, 6) is -1.25. The minimum absolute atomic E-state index is 0.265. The monoisotopic (exact) mass is 334 g/mol. The lowest BCUT2D eigenvalue weighted by atomic mass is 10.0. The zero-order chi connectivity index (χ0) is 17.5. The molecule has 1 aromatic carbocycles. The standard InChI is InChI=1S/C18H20F2N2O2/c1-18(2,3)24-17(23)22-6-4-5-11(10-22)14-9-21-16-13(14)7-12(19)8-15(16)20/h5,7-9,21H,4,6,10H2,1-3H3. The van der Waals surface area contributed by atoms with Crippen LogP contribution >= 0.6 is 0 Å². The molecule has 1 aromatic heterocycles. The molecule has 0 radical (unpaired) electrons. The molecule has 0 fully saturated rings. The predicted octanol–water partition coefficient (Wildman–Crippen LogP) is 4.47. The van der Waals surface area contributed by atoms with E-state index in [1.807, 2.05) is 26.8 Å². The minimum Gasteiger partial charge on any atom is -0.444 e. The van der Waals surface area contributed by atoms with Crippen molar-refractivity contribution >= 4 is 22.6 Å². The van der Waals surface area contributed by atoms with Gasteiger partial charge < -0.3 is 14.6 Å². The molecule has 0 aliphatic carbocycles. The average molecular weight is 334 g/mol. The number of nitrogens with zero attached hydrogens (tertiary/aromatic N) is 1. The molecule has 1 amide bonds. The van der Waals surface area contributed by atoms with Crippen molar-refractivity contribution in [3.63, 3.8) is 0 Å². The molecular formula is C18H20F2N2O2. The van der Waals surface area contributed by atoms with E-state index in [4.69, 9.17) is 4.74 Å². The molecule has 1 aliphatic rings. The number of carbonyl (C=O) groups excluding carboxylic acids is 1. The summed E-state index contributed by atoms with van der Waals surface area (Å²) in [7, 11) is 0. The van der Waals surface area contributed by atoms with Crippen molar-refractivity contribution in [3.8, 4) is 0 Å². The first-order chi connectivity index (χ1) is 11.2. The number of amides is 1. The fourth-order valence-corrected chi connectivity index (χ4v) is 2.84. The second kappa shape index (κ2) is 5.92. The van der Waals surface area contributed by atoms with Crippen molar-refractivity contribution in [2.75, 3.05) is 13.1 Å². The second-order valence-corrected chi connectivity index (χ2v) is 6.93. The smallest absolute Gasteiger partial charge is 0.410 e. The molecule has 6 heteroatoms. The van der Waals surface area contributed by atoms with Gasteiger partial charge in [-0.05, 0) is 38.8 Å². The van der Waals surface area contributed by atoms with Crippen LogP contribution in [0.25, 0.3) is 16.5 Å². The van der Waals surface area contributed by atoms with Crippen LogP contribution in [0.5, 0.6) is 0 Å². The van der Waals surface area contributed by atoms with Gasteiger partial charge in [0.2, 0.25) is 0 Å². The summed E-state index contributed by atoms with van der Waals surface area (Å²) < 4.78 is 32.8. The Morgan fingerprint density at radius 1 is 1.29 bits per heavy atom. The van der Waals surface area contributed by atoms with Gasteiger partial charge in [0.05, 0.1) is 5.52 Å². The van der Waals surface area contributed by atoms with Gasteiger partial charge in [-0.1, -0.05) is 6.08 Å². The lowest BCUT2D eigenvalue weighted by Crippen LogP contribution is -2.39. The molecule has 0 saturated heterocycles. The van der Waals surface area contributed by atoms with Gasteiger partial charge in [-0.15, -0.1) is 0 Å². The number of aromatic amines is 1. The summed E-state index contributed by atoms with van der Waals surface area (Å²) in [6.07, 6.45) is 3.92. The first-order valence-electron chi connectivity index (χ1n) is 7.88. The van der Waals surface area contributed by atoms with E-state index in [1.54, 1.807) is 11.1 Å². The zero-order valence-electron chi connectivity index (χ0n) is 14.0. The van der Waals surface area contributed by atoms with E-state index < -0.39 is 17.2 Å². The van der Waals surface area contributed by atoms with E-state index in [1.165, 1.54) is 6.07 Å². The normalized spacial score (nSPS) is 15.5. The highest BCUT2D eigenvalue weighted by Crippen LogP contribution is 2.30. The van der Waals surface area contributed by atoms with Gasteiger partial charge in [-0.3, -0.25) is 0 Å². The molecule has 3 rings (SSSR count). The van der Waals surface area contributed by atoms with Crippen molar-refractivity contribution in [2.24, 2.45) is 0 Å². The summed E-state index contributed by atoms with van der Waals surface area (Å²) in [6.45, 7) is 6.36. The molecule has 4 nitrogen and oxygen atoms in total. The van der Waals surface area contributed by atoms with Gasteiger partial charge >= 0.3 is 6.09 Å². The van der Waals surface area contributed by atoms with Crippen LogP contribution in [0.3, 0.4) is 0 Å². The molecule has 0 atom stereocenters. The first kappa shape index (κ1) is 16.5. The van der Waals surface area contributed by atoms with E-state index in [0.717, 1.165) is 11.6 Å². The first-order valence-corrected chi connectivity index (χ1v) is 7.88. The van der Waals surface area contributed by atoms with Crippen LogP contribution in [-0.4, -0.2) is 34.7 Å². The molecule has 0 saturated carbocycles. The zero-order valence-corrected chi connectivity index (χ0v) is 14.0. The maximum absolute atomic E-state index is 13.8. The lowest BCUT2D eigenvalue weighted by molar-refractivity contribution is 0.0273. The summed E-state index contributed by atoms with van der Waals surface area (Å²) in [6, 6.07) is 2.16. The van der Waals surface area contributed by atoms with E-state index in [9.17, 15) is 13.6 Å². The highest BCUT2D eigenvalue weighted by atomic mass is 19.1. The van der Waals surface area contributed by atoms with E-state index in [0.29, 0.717) is 30.5 Å². The Morgan fingerprint density at radius 3 is 2.75 bits per heavy atom. The van der Waals surface area contributed by atoms with E-state index in [2.05, 4.69) is 4.98 Å². The Morgan fingerprint density at radius 2 is 2.04 bits per heavy atom. The van der Waals surface area contributed by atoms with Crippen LogP contribution in [0.1, 0.15) is 32.8 Å². The number of carbonyl (C=O) groups is 1. The highest BCUT2D eigenvalue weighted by Gasteiger charge is 2.25. The van der Waals surface area contributed by atoms with E-state index >= 15 is 0 Å². The number of rotatable bonds is 1. The van der Waals surface area contributed by atoms with Crippen LogP contribution < -0.4 is 0 Å². The Hall–Kier alpha value is -2.37. The number of hydrogen-bond donors (Lipinski definition) is 1.